The van der Waals surface area contributed by atoms with Crippen molar-refractivity contribution in [1.82, 2.24) is 0 Å². The molecular formula is C18H16. The van der Waals surface area contributed by atoms with E-state index in [2.05, 4.69) is 55.5 Å². The van der Waals surface area contributed by atoms with Gasteiger partial charge < -0.3 is 0 Å². The molecule has 0 aliphatic heterocycles. The normalized spacial score (nSPS) is 19.8. The Balaban J connectivity index is 2.09. The molecule has 0 aromatic heterocycles. The first kappa shape index (κ1) is 10.1. The number of fused-ring (bicyclic) bond motifs is 3. The monoisotopic (exact) mass is 232 g/mol. The fraction of sp³-hybridized carbons (Fsp3) is 0.222. The lowest BCUT2D eigenvalue weighted by atomic mass is 9.95. The third-order valence-electron chi connectivity index (χ3n) is 4.22. The molecule has 0 saturated carbocycles. The molecule has 1 unspecified atom stereocenters. The minimum absolute atomic E-state index is 0.752. The van der Waals surface area contributed by atoms with Crippen molar-refractivity contribution in [2.24, 2.45) is 5.92 Å². The van der Waals surface area contributed by atoms with E-state index in [4.69, 9.17) is 0 Å². The zero-order chi connectivity index (χ0) is 12.1. The topological polar surface area (TPSA) is 0 Å². The van der Waals surface area contributed by atoms with Gasteiger partial charge in [0.2, 0.25) is 0 Å². The molecule has 18 heavy (non-hydrogen) atoms. The van der Waals surface area contributed by atoms with Crippen LogP contribution in [-0.2, 0) is 6.42 Å². The summed E-state index contributed by atoms with van der Waals surface area (Å²) in [4.78, 5) is 0. The summed E-state index contributed by atoms with van der Waals surface area (Å²) in [6.07, 6.45) is 4.85. The summed E-state index contributed by atoms with van der Waals surface area (Å²) in [5.41, 5.74) is 8.77. The molecule has 0 nitrogen and oxygen atoms in total. The fourth-order valence-electron chi connectivity index (χ4n) is 3.39. The van der Waals surface area contributed by atoms with Gasteiger partial charge in [0, 0.05) is 0 Å². The van der Waals surface area contributed by atoms with Gasteiger partial charge in [-0.25, -0.2) is 0 Å². The van der Waals surface area contributed by atoms with E-state index in [9.17, 15) is 0 Å². The van der Waals surface area contributed by atoms with Crippen LogP contribution < -0.4 is 0 Å². The van der Waals surface area contributed by atoms with Gasteiger partial charge in [0.05, 0.1) is 0 Å². The van der Waals surface area contributed by atoms with E-state index >= 15 is 0 Å². The quantitative estimate of drug-likeness (QED) is 0.528. The van der Waals surface area contributed by atoms with E-state index in [1.165, 1.54) is 46.2 Å². The molecule has 0 N–H and O–H groups in total. The number of rotatable bonds is 0. The van der Waals surface area contributed by atoms with Gasteiger partial charge in [-0.2, -0.15) is 0 Å². The lowest BCUT2D eigenvalue weighted by Crippen LogP contribution is -1.98. The molecule has 0 radical (unpaired) electrons. The minimum atomic E-state index is 0.752. The summed E-state index contributed by atoms with van der Waals surface area (Å²) in [6.45, 7) is 2.35. The summed E-state index contributed by atoms with van der Waals surface area (Å²) in [6, 6.07) is 15.6. The minimum Gasteiger partial charge on any atom is -0.0757 e. The maximum atomic E-state index is 2.45. The lowest BCUT2D eigenvalue weighted by Gasteiger charge is -2.10. The van der Waals surface area contributed by atoms with Crippen molar-refractivity contribution < 1.29 is 0 Å². The van der Waals surface area contributed by atoms with E-state index in [-0.39, 0.29) is 0 Å². The Morgan fingerprint density at radius 3 is 2.56 bits per heavy atom. The molecule has 0 amide bonds. The predicted molar refractivity (Wildman–Crippen MR) is 76.4 cm³/mol. The van der Waals surface area contributed by atoms with Crippen LogP contribution >= 0.6 is 0 Å². The van der Waals surface area contributed by atoms with Gasteiger partial charge in [0.25, 0.3) is 0 Å². The average Bonchev–Trinajstić information content (AvgIpc) is 2.61. The van der Waals surface area contributed by atoms with Crippen LogP contribution in [0.15, 0.2) is 48.5 Å². The Labute approximate surface area is 108 Å². The molecule has 2 aromatic carbocycles. The second-order valence-corrected chi connectivity index (χ2v) is 5.55. The third kappa shape index (κ3) is 1.26. The Morgan fingerprint density at radius 2 is 1.67 bits per heavy atom. The summed E-state index contributed by atoms with van der Waals surface area (Å²) in [5, 5.41) is 0. The molecule has 0 heteroatoms. The fourth-order valence-corrected chi connectivity index (χ4v) is 3.39. The standard InChI is InChI=1S/C18H16/c1-12-9-10-17-15-7-3-2-6-14(15)16-8-4-5-13(11-12)18(16)17/h2-8,10,12H,9,11H2,1H3. The lowest BCUT2D eigenvalue weighted by molar-refractivity contribution is 0.594. The molecule has 2 aliphatic rings. The summed E-state index contributed by atoms with van der Waals surface area (Å²) in [7, 11) is 0. The molecule has 0 fully saturated rings. The van der Waals surface area contributed by atoms with E-state index in [0.717, 1.165) is 5.92 Å². The highest BCUT2D eigenvalue weighted by Gasteiger charge is 2.27. The molecule has 4 rings (SSSR count). The summed E-state index contributed by atoms with van der Waals surface area (Å²) in [5.74, 6) is 0.752. The van der Waals surface area contributed by atoms with Gasteiger partial charge in [-0.3, -0.25) is 0 Å². The highest BCUT2D eigenvalue weighted by molar-refractivity contribution is 6.02. The van der Waals surface area contributed by atoms with Gasteiger partial charge in [-0.05, 0) is 52.1 Å². The zero-order valence-corrected chi connectivity index (χ0v) is 10.6. The molecule has 0 spiro atoms. The van der Waals surface area contributed by atoms with Crippen molar-refractivity contribution in [3.8, 4) is 11.1 Å². The molecule has 0 bridgehead atoms. The third-order valence-corrected chi connectivity index (χ3v) is 4.22. The number of hydrogen-bond donors (Lipinski definition) is 0. The van der Waals surface area contributed by atoms with Crippen LogP contribution in [0.2, 0.25) is 0 Å². The van der Waals surface area contributed by atoms with Gasteiger partial charge in [-0.1, -0.05) is 55.5 Å². The van der Waals surface area contributed by atoms with Crippen LogP contribution in [0.25, 0.3) is 16.7 Å². The molecule has 2 aromatic rings. The first-order chi connectivity index (χ1) is 8.84. The maximum absolute atomic E-state index is 2.45. The van der Waals surface area contributed by atoms with Gasteiger partial charge in [0.1, 0.15) is 0 Å². The smallest absolute Gasteiger partial charge is 0.00700 e. The summed E-state index contributed by atoms with van der Waals surface area (Å²) < 4.78 is 0. The van der Waals surface area contributed by atoms with Crippen molar-refractivity contribution in [3.05, 3.63) is 65.2 Å². The van der Waals surface area contributed by atoms with Crippen molar-refractivity contribution in [2.45, 2.75) is 19.8 Å². The van der Waals surface area contributed by atoms with Crippen molar-refractivity contribution in [1.29, 1.82) is 0 Å². The van der Waals surface area contributed by atoms with E-state index in [1.807, 2.05) is 0 Å². The van der Waals surface area contributed by atoms with Crippen molar-refractivity contribution in [3.63, 3.8) is 0 Å². The SMILES string of the molecule is CC1CC=C2c3ccccc3-c3cccc(c32)C1. The number of benzene rings is 2. The summed E-state index contributed by atoms with van der Waals surface area (Å²) >= 11 is 0. The van der Waals surface area contributed by atoms with E-state index in [1.54, 1.807) is 0 Å². The van der Waals surface area contributed by atoms with Crippen molar-refractivity contribution in [2.75, 3.05) is 0 Å². The van der Waals surface area contributed by atoms with Gasteiger partial charge in [0.15, 0.2) is 0 Å². The number of allylic oxidation sites excluding steroid dienone is 1. The largest absolute Gasteiger partial charge is 0.0757 e. The van der Waals surface area contributed by atoms with Gasteiger partial charge >= 0.3 is 0 Å². The first-order valence-electron chi connectivity index (χ1n) is 6.77. The average molecular weight is 232 g/mol. The Hall–Kier alpha value is -1.82. The molecule has 2 aliphatic carbocycles. The maximum Gasteiger partial charge on any atom is -0.00700 e. The number of hydrogen-bond acceptors (Lipinski definition) is 0. The first-order valence-corrected chi connectivity index (χ1v) is 6.77. The Morgan fingerprint density at radius 1 is 0.889 bits per heavy atom. The van der Waals surface area contributed by atoms with E-state index < -0.39 is 0 Å². The predicted octanol–water partition coefficient (Wildman–Crippen LogP) is 4.68. The molecule has 1 atom stereocenters. The van der Waals surface area contributed by atoms with E-state index in [0.29, 0.717) is 0 Å². The highest BCUT2D eigenvalue weighted by Crippen LogP contribution is 2.47. The van der Waals surface area contributed by atoms with Crippen LogP contribution in [-0.4, -0.2) is 0 Å². The Kier molecular flexibility index (Phi) is 2.02. The van der Waals surface area contributed by atoms with Crippen molar-refractivity contribution >= 4 is 5.57 Å². The zero-order valence-electron chi connectivity index (χ0n) is 10.6. The van der Waals surface area contributed by atoms with Crippen LogP contribution in [0.1, 0.15) is 30.0 Å². The molecule has 88 valence electrons. The van der Waals surface area contributed by atoms with Crippen LogP contribution in [0.4, 0.5) is 0 Å². The second-order valence-electron chi connectivity index (χ2n) is 5.55. The van der Waals surface area contributed by atoms with Gasteiger partial charge in [-0.15, -0.1) is 0 Å². The highest BCUT2D eigenvalue weighted by atomic mass is 14.3. The van der Waals surface area contributed by atoms with Crippen LogP contribution in [0.3, 0.4) is 0 Å². The van der Waals surface area contributed by atoms with Crippen LogP contribution in [0, 0.1) is 5.92 Å². The van der Waals surface area contributed by atoms with Crippen LogP contribution in [0.5, 0.6) is 0 Å². The Bertz CT molecular complexity index is 661. The molecule has 0 saturated heterocycles. The molecular weight excluding hydrogens is 216 g/mol. The molecule has 0 heterocycles. The second kappa shape index (κ2) is 3.58.